The third kappa shape index (κ3) is 6.76. The summed E-state index contributed by atoms with van der Waals surface area (Å²) in [6.45, 7) is 13.0. The molecule has 1 aromatic carbocycles. The SMILES string of the molecule is C=N/C=C(\C=C(/C)NC(=O)CC1CCNCC1)c1ccc2c(c1)C(c1cc3c(N4CCN(C)CC4)cncc3[nH]1)=NCCN2. The molecule has 10 nitrogen and oxygen atoms in total. The molecule has 0 atom stereocenters. The van der Waals surface area contributed by atoms with Crippen molar-refractivity contribution in [2.75, 3.05) is 69.6 Å². The molecular formula is C34H43N9O. The first-order valence-corrected chi connectivity index (χ1v) is 15.7. The van der Waals surface area contributed by atoms with Gasteiger partial charge in [0.15, 0.2) is 0 Å². The number of likely N-dealkylation sites (N-methyl/N-ethyl adjacent to an activating group) is 1. The van der Waals surface area contributed by atoms with E-state index < -0.39 is 0 Å². The lowest BCUT2D eigenvalue weighted by atomic mass is 9.94. The highest BCUT2D eigenvalue weighted by Gasteiger charge is 2.22. The Hall–Kier alpha value is -4.28. The van der Waals surface area contributed by atoms with E-state index in [1.54, 1.807) is 6.20 Å². The van der Waals surface area contributed by atoms with E-state index >= 15 is 0 Å². The molecule has 5 heterocycles. The zero-order valence-corrected chi connectivity index (χ0v) is 25.8. The summed E-state index contributed by atoms with van der Waals surface area (Å²) in [6, 6.07) is 8.54. The monoisotopic (exact) mass is 593 g/mol. The fourth-order valence-electron chi connectivity index (χ4n) is 6.39. The lowest BCUT2D eigenvalue weighted by Crippen LogP contribution is -2.44. The van der Waals surface area contributed by atoms with Crippen molar-refractivity contribution in [1.29, 1.82) is 0 Å². The summed E-state index contributed by atoms with van der Waals surface area (Å²) in [5.74, 6) is 0.489. The highest BCUT2D eigenvalue weighted by atomic mass is 16.1. The fraction of sp³-hybridized carbons (Fsp3) is 0.412. The molecule has 1 amide bonds. The molecule has 0 aliphatic carbocycles. The van der Waals surface area contributed by atoms with Gasteiger partial charge in [-0.05, 0) is 82.4 Å². The number of rotatable bonds is 8. The maximum absolute atomic E-state index is 12.8. The number of nitrogens with one attached hydrogen (secondary N) is 4. The maximum atomic E-state index is 12.8. The number of benzene rings is 1. The summed E-state index contributed by atoms with van der Waals surface area (Å²) in [6.07, 6.45) is 10.2. The van der Waals surface area contributed by atoms with E-state index in [1.165, 1.54) is 0 Å². The minimum absolute atomic E-state index is 0.0568. The topological polar surface area (TPSA) is 113 Å². The Morgan fingerprint density at radius 1 is 1.14 bits per heavy atom. The third-order valence-electron chi connectivity index (χ3n) is 8.80. The zero-order chi connectivity index (χ0) is 30.5. The molecule has 3 aliphatic rings. The number of benzodiazepines with no additional fused rings is 1. The van der Waals surface area contributed by atoms with Crippen LogP contribution in [0.4, 0.5) is 11.4 Å². The summed E-state index contributed by atoms with van der Waals surface area (Å²) >= 11 is 0. The number of hydrogen-bond acceptors (Lipinski definition) is 8. The van der Waals surface area contributed by atoms with Gasteiger partial charge in [-0.2, -0.15) is 0 Å². The number of anilines is 2. The first-order chi connectivity index (χ1) is 21.5. The number of hydrogen-bond donors (Lipinski definition) is 4. The van der Waals surface area contributed by atoms with Gasteiger partial charge in [-0.3, -0.25) is 19.8 Å². The third-order valence-corrected chi connectivity index (χ3v) is 8.80. The molecule has 0 saturated carbocycles. The lowest BCUT2D eigenvalue weighted by Gasteiger charge is -2.34. The fourth-order valence-corrected chi connectivity index (χ4v) is 6.39. The normalized spacial score (nSPS) is 18.8. The van der Waals surface area contributed by atoms with Crippen LogP contribution in [0.25, 0.3) is 16.5 Å². The second-order valence-electron chi connectivity index (χ2n) is 12.1. The first kappa shape index (κ1) is 29.8. The number of nitrogens with zero attached hydrogens (tertiary/aromatic N) is 5. The Labute approximate surface area is 259 Å². The number of pyridine rings is 1. The Morgan fingerprint density at radius 2 is 1.95 bits per heavy atom. The minimum Gasteiger partial charge on any atom is -0.383 e. The number of carbonyl (C=O) groups is 1. The number of piperazine rings is 1. The standard InChI is InChI=1S/C34H43N9O/c1-23(40-33(44)17-24-6-8-36-9-7-24)16-26(20-35-2)25-4-5-29-28(18-25)34(39-11-10-38-29)30-19-27-31(41-30)21-37-22-32(27)43-14-12-42(3)13-15-43/h4-5,16,18-22,24,36,38,41H,2,6-15,17H2,1,3H3,(H,40,44)/b23-16+,26-20+. The molecule has 2 fully saturated rings. The molecule has 230 valence electrons. The average Bonchev–Trinajstić information content (AvgIpc) is 3.35. The van der Waals surface area contributed by atoms with Gasteiger partial charge in [0.05, 0.1) is 41.5 Å². The van der Waals surface area contributed by atoms with E-state index in [4.69, 9.17) is 4.99 Å². The Kier molecular flexibility index (Phi) is 9.18. The highest BCUT2D eigenvalue weighted by Crippen LogP contribution is 2.32. The van der Waals surface area contributed by atoms with Crippen LogP contribution < -0.4 is 20.9 Å². The van der Waals surface area contributed by atoms with Crippen LogP contribution in [0.3, 0.4) is 0 Å². The second kappa shape index (κ2) is 13.6. The number of piperidine rings is 1. The van der Waals surface area contributed by atoms with Crippen LogP contribution in [0.15, 0.2) is 64.6 Å². The van der Waals surface area contributed by atoms with Crippen LogP contribution in [0.1, 0.15) is 43.0 Å². The van der Waals surface area contributed by atoms with Crippen molar-refractivity contribution in [3.63, 3.8) is 0 Å². The van der Waals surface area contributed by atoms with E-state index in [0.717, 1.165) is 115 Å². The van der Waals surface area contributed by atoms with Gasteiger partial charge in [0, 0.05) is 73.3 Å². The van der Waals surface area contributed by atoms with E-state index in [1.807, 2.05) is 25.4 Å². The molecule has 44 heavy (non-hydrogen) atoms. The van der Waals surface area contributed by atoms with Gasteiger partial charge >= 0.3 is 0 Å². The van der Waals surface area contributed by atoms with Gasteiger partial charge in [0.1, 0.15) is 0 Å². The molecule has 3 aromatic rings. The van der Waals surface area contributed by atoms with Crippen LogP contribution in [0, 0.1) is 5.92 Å². The van der Waals surface area contributed by atoms with Crippen molar-refractivity contribution >= 4 is 46.2 Å². The number of H-pyrrole nitrogens is 1. The van der Waals surface area contributed by atoms with Crippen LogP contribution in [-0.4, -0.2) is 92.6 Å². The van der Waals surface area contributed by atoms with E-state index in [2.05, 4.69) is 78.7 Å². The number of aromatic nitrogens is 2. The molecule has 10 heteroatoms. The van der Waals surface area contributed by atoms with Crippen molar-refractivity contribution in [2.45, 2.75) is 26.2 Å². The van der Waals surface area contributed by atoms with Crippen LogP contribution in [0.5, 0.6) is 0 Å². The molecule has 0 spiro atoms. The molecule has 0 radical (unpaired) electrons. The van der Waals surface area contributed by atoms with Crippen LogP contribution in [-0.2, 0) is 4.79 Å². The van der Waals surface area contributed by atoms with Crippen molar-refractivity contribution < 1.29 is 4.79 Å². The first-order valence-electron chi connectivity index (χ1n) is 15.7. The van der Waals surface area contributed by atoms with Crippen LogP contribution >= 0.6 is 0 Å². The molecule has 4 N–H and O–H groups in total. The van der Waals surface area contributed by atoms with E-state index in [9.17, 15) is 4.79 Å². The molecule has 0 bridgehead atoms. The molecule has 2 saturated heterocycles. The quantitative estimate of drug-likeness (QED) is 0.232. The maximum Gasteiger partial charge on any atom is 0.224 e. The Bertz CT molecular complexity index is 1600. The van der Waals surface area contributed by atoms with Crippen molar-refractivity contribution in [3.05, 3.63) is 71.5 Å². The number of aliphatic imine (C=N–C) groups is 2. The number of aromatic amines is 1. The average molecular weight is 594 g/mol. The zero-order valence-electron chi connectivity index (χ0n) is 25.8. The van der Waals surface area contributed by atoms with Gasteiger partial charge in [-0.25, -0.2) is 0 Å². The predicted octanol–water partition coefficient (Wildman–Crippen LogP) is 4.03. The van der Waals surface area contributed by atoms with Crippen molar-refractivity contribution in [1.82, 2.24) is 25.5 Å². The summed E-state index contributed by atoms with van der Waals surface area (Å²) < 4.78 is 0. The largest absolute Gasteiger partial charge is 0.383 e. The minimum atomic E-state index is 0.0568. The molecule has 0 unspecified atom stereocenters. The van der Waals surface area contributed by atoms with Crippen molar-refractivity contribution in [3.8, 4) is 0 Å². The molecule has 6 rings (SSSR count). The summed E-state index contributed by atoms with van der Waals surface area (Å²) in [4.78, 5) is 34.9. The predicted molar refractivity (Wildman–Crippen MR) is 181 cm³/mol. The Balaban J connectivity index is 1.28. The van der Waals surface area contributed by atoms with Crippen molar-refractivity contribution in [2.24, 2.45) is 15.9 Å². The van der Waals surface area contributed by atoms with E-state index in [0.29, 0.717) is 18.9 Å². The number of carbonyl (C=O) groups excluding carboxylic acids is 1. The second-order valence-corrected chi connectivity index (χ2v) is 12.1. The van der Waals surface area contributed by atoms with Crippen LogP contribution in [0.2, 0.25) is 0 Å². The number of fused-ring (bicyclic) bond motifs is 2. The smallest absolute Gasteiger partial charge is 0.224 e. The number of amides is 1. The molecule has 3 aliphatic heterocycles. The van der Waals surface area contributed by atoms with Gasteiger partial charge in [-0.15, -0.1) is 0 Å². The highest BCUT2D eigenvalue weighted by molar-refractivity contribution is 6.17. The lowest BCUT2D eigenvalue weighted by molar-refractivity contribution is -0.121. The molecular weight excluding hydrogens is 550 g/mol. The van der Waals surface area contributed by atoms with Gasteiger partial charge in [-0.1, -0.05) is 6.07 Å². The number of allylic oxidation sites excluding steroid dienone is 3. The summed E-state index contributed by atoms with van der Waals surface area (Å²) in [5, 5.41) is 11.2. The summed E-state index contributed by atoms with van der Waals surface area (Å²) in [5.41, 5.74) is 8.69. The van der Waals surface area contributed by atoms with Gasteiger partial charge in [0.2, 0.25) is 5.91 Å². The molecule has 2 aromatic heterocycles. The summed E-state index contributed by atoms with van der Waals surface area (Å²) in [7, 11) is 2.17. The van der Waals surface area contributed by atoms with Gasteiger partial charge < -0.3 is 30.7 Å². The Morgan fingerprint density at radius 3 is 2.75 bits per heavy atom. The van der Waals surface area contributed by atoms with Gasteiger partial charge in [0.25, 0.3) is 0 Å². The van der Waals surface area contributed by atoms with E-state index in [-0.39, 0.29) is 5.91 Å².